The van der Waals surface area contributed by atoms with Gasteiger partial charge in [-0.25, -0.2) is 0 Å². The Morgan fingerprint density at radius 1 is 0.964 bits per heavy atom. The largest absolute Gasteiger partial charge is 0.507 e. The topological polar surface area (TPSA) is 87.0 Å². The van der Waals surface area contributed by atoms with Gasteiger partial charge >= 0.3 is 0 Å². The molecule has 6 heteroatoms. The van der Waals surface area contributed by atoms with Crippen LogP contribution in [0, 0.1) is 6.92 Å². The highest BCUT2D eigenvalue weighted by Crippen LogP contribution is 2.41. The van der Waals surface area contributed by atoms with Gasteiger partial charge in [0.05, 0.1) is 0 Å². The van der Waals surface area contributed by atoms with E-state index in [1.807, 2.05) is 55.5 Å². The minimum absolute atomic E-state index is 0.0575. The molecule has 3 aromatic rings. The molecule has 0 aliphatic heterocycles. The van der Waals surface area contributed by atoms with Crippen LogP contribution in [0.4, 0.5) is 0 Å². The number of para-hydroxylation sites is 1. The molecule has 0 aliphatic rings. The highest BCUT2D eigenvalue weighted by atomic mass is 35.5. The second-order valence-electron chi connectivity index (χ2n) is 6.38. The maximum atomic E-state index is 12.5. The molecule has 0 fully saturated rings. The Hall–Kier alpha value is -3.18. The zero-order valence-corrected chi connectivity index (χ0v) is 15.9. The number of aromatic hydroxyl groups is 3. The van der Waals surface area contributed by atoms with Crippen molar-refractivity contribution in [2.75, 3.05) is 0 Å². The van der Waals surface area contributed by atoms with E-state index in [0.717, 1.165) is 22.9 Å². The number of halogens is 1. The van der Waals surface area contributed by atoms with Crippen LogP contribution in [0.25, 0.3) is 0 Å². The van der Waals surface area contributed by atoms with Crippen LogP contribution in [-0.2, 0) is 6.42 Å². The average Bonchev–Trinajstić information content (AvgIpc) is 2.66. The van der Waals surface area contributed by atoms with Gasteiger partial charge in [0.15, 0.2) is 11.5 Å². The number of rotatable bonds is 6. The Balaban J connectivity index is 1.71. The van der Waals surface area contributed by atoms with Crippen LogP contribution in [0.1, 0.15) is 27.9 Å². The molecule has 0 heterocycles. The number of benzene rings is 3. The Morgan fingerprint density at radius 2 is 1.68 bits per heavy atom. The molecule has 0 atom stereocenters. The van der Waals surface area contributed by atoms with Crippen LogP contribution < -0.4 is 4.74 Å². The second-order valence-corrected chi connectivity index (χ2v) is 6.76. The van der Waals surface area contributed by atoms with Crippen molar-refractivity contribution >= 4 is 17.4 Å². The molecule has 5 nitrogen and oxygen atoms in total. The monoisotopic (exact) mass is 398 g/mol. The second kappa shape index (κ2) is 8.23. The minimum atomic E-state index is -0.618. The Kier molecular flexibility index (Phi) is 5.76. The van der Waals surface area contributed by atoms with Gasteiger partial charge in [0.1, 0.15) is 33.6 Å². The maximum Gasteiger partial charge on any atom is 0.170 e. The van der Waals surface area contributed by atoms with Crippen LogP contribution in [0.15, 0.2) is 54.6 Å². The van der Waals surface area contributed by atoms with Crippen molar-refractivity contribution < 1.29 is 24.9 Å². The maximum absolute atomic E-state index is 12.5. The third kappa shape index (κ3) is 4.21. The summed E-state index contributed by atoms with van der Waals surface area (Å²) in [6.07, 6.45) is 0.468. The first-order valence-electron chi connectivity index (χ1n) is 8.66. The van der Waals surface area contributed by atoms with E-state index in [1.54, 1.807) is 0 Å². The smallest absolute Gasteiger partial charge is 0.170 e. The molecule has 0 saturated heterocycles. The van der Waals surface area contributed by atoms with Gasteiger partial charge in [0.25, 0.3) is 0 Å². The first-order valence-corrected chi connectivity index (χ1v) is 9.03. The highest BCUT2D eigenvalue weighted by molar-refractivity contribution is 6.34. The number of aryl methyl sites for hydroxylation is 2. The normalized spacial score (nSPS) is 10.6. The molecule has 3 rings (SSSR count). The summed E-state index contributed by atoms with van der Waals surface area (Å²) in [7, 11) is 0. The van der Waals surface area contributed by atoms with Gasteiger partial charge in [-0.3, -0.25) is 4.79 Å². The summed E-state index contributed by atoms with van der Waals surface area (Å²) in [4.78, 5) is 12.5. The summed E-state index contributed by atoms with van der Waals surface area (Å²) in [5.41, 5.74) is 1.61. The molecule has 0 aliphatic carbocycles. The van der Waals surface area contributed by atoms with Crippen LogP contribution in [0.2, 0.25) is 5.02 Å². The van der Waals surface area contributed by atoms with Gasteiger partial charge in [-0.15, -0.1) is 0 Å². The number of hydrogen-bond acceptors (Lipinski definition) is 5. The van der Waals surface area contributed by atoms with E-state index in [9.17, 15) is 20.1 Å². The van der Waals surface area contributed by atoms with Crippen LogP contribution in [0.3, 0.4) is 0 Å². The fourth-order valence-corrected chi connectivity index (χ4v) is 3.05. The molecular formula is C22H19ClO5. The minimum Gasteiger partial charge on any atom is -0.507 e. The molecule has 3 aromatic carbocycles. The van der Waals surface area contributed by atoms with Gasteiger partial charge in [-0.2, -0.15) is 0 Å². The SMILES string of the molecule is Cc1cc(Oc2ccccc2)ccc1CCC(=O)c1c(O)cc(O)c(Cl)c1O. The van der Waals surface area contributed by atoms with Crippen molar-refractivity contribution in [3.8, 4) is 28.7 Å². The average molecular weight is 399 g/mol. The molecule has 0 bridgehead atoms. The molecular weight excluding hydrogens is 380 g/mol. The quantitative estimate of drug-likeness (QED) is 0.486. The molecule has 0 aromatic heterocycles. The zero-order chi connectivity index (χ0) is 20.3. The first kappa shape index (κ1) is 19.6. The number of ketones is 1. The number of carbonyl (C=O) groups is 1. The molecule has 0 unspecified atom stereocenters. The number of ether oxygens (including phenoxy) is 1. The van der Waals surface area contributed by atoms with Gasteiger partial charge in [-0.1, -0.05) is 35.9 Å². The van der Waals surface area contributed by atoms with Gasteiger partial charge in [0, 0.05) is 12.5 Å². The number of carbonyl (C=O) groups excluding carboxylic acids is 1. The Labute approximate surface area is 167 Å². The number of phenolic OH excluding ortho intramolecular Hbond substituents is 3. The predicted molar refractivity (Wildman–Crippen MR) is 107 cm³/mol. The molecule has 0 radical (unpaired) electrons. The van der Waals surface area contributed by atoms with Crippen molar-refractivity contribution in [1.29, 1.82) is 0 Å². The standard InChI is InChI=1S/C22H19ClO5/c1-13-11-16(28-15-5-3-2-4-6-15)9-7-14(13)8-10-17(24)20-18(25)12-19(26)21(23)22(20)27/h2-7,9,11-12,25-27H,8,10H2,1H3. The van der Waals surface area contributed by atoms with Gasteiger partial charge in [-0.05, 0) is 48.7 Å². The molecule has 28 heavy (non-hydrogen) atoms. The molecule has 3 N–H and O–H groups in total. The van der Waals surface area contributed by atoms with Crippen molar-refractivity contribution in [3.63, 3.8) is 0 Å². The number of phenols is 3. The van der Waals surface area contributed by atoms with E-state index in [1.165, 1.54) is 0 Å². The lowest BCUT2D eigenvalue weighted by atomic mass is 9.98. The number of Topliss-reactive ketones (excluding diaryl/α,β-unsaturated/α-hetero) is 1. The van der Waals surface area contributed by atoms with Crippen LogP contribution in [-0.4, -0.2) is 21.1 Å². The third-order valence-corrected chi connectivity index (χ3v) is 4.77. The van der Waals surface area contributed by atoms with Crippen LogP contribution >= 0.6 is 11.6 Å². The van der Waals surface area contributed by atoms with E-state index >= 15 is 0 Å². The van der Waals surface area contributed by atoms with Crippen molar-refractivity contribution in [3.05, 3.63) is 76.3 Å². The summed E-state index contributed by atoms with van der Waals surface area (Å²) in [6.45, 7) is 1.92. The highest BCUT2D eigenvalue weighted by Gasteiger charge is 2.21. The summed E-state index contributed by atoms with van der Waals surface area (Å²) >= 11 is 5.75. The number of hydrogen-bond donors (Lipinski definition) is 3. The van der Waals surface area contributed by atoms with E-state index in [0.29, 0.717) is 12.2 Å². The van der Waals surface area contributed by atoms with Crippen molar-refractivity contribution in [2.45, 2.75) is 19.8 Å². The summed E-state index contributed by atoms with van der Waals surface area (Å²) in [5, 5.41) is 29.0. The lowest BCUT2D eigenvalue weighted by molar-refractivity contribution is 0.0977. The summed E-state index contributed by atoms with van der Waals surface area (Å²) in [5.74, 6) is -0.654. The zero-order valence-electron chi connectivity index (χ0n) is 15.1. The molecule has 0 spiro atoms. The fraction of sp³-hybridized carbons (Fsp3) is 0.136. The van der Waals surface area contributed by atoms with Crippen LogP contribution in [0.5, 0.6) is 28.7 Å². The Bertz CT molecular complexity index is 1020. The fourth-order valence-electron chi connectivity index (χ4n) is 2.90. The predicted octanol–water partition coefficient (Wildman–Crippen LogP) is 5.37. The lowest BCUT2D eigenvalue weighted by Gasteiger charge is -2.11. The molecule has 144 valence electrons. The summed E-state index contributed by atoms with van der Waals surface area (Å²) in [6, 6.07) is 16.0. The van der Waals surface area contributed by atoms with E-state index in [2.05, 4.69) is 0 Å². The van der Waals surface area contributed by atoms with E-state index < -0.39 is 23.0 Å². The van der Waals surface area contributed by atoms with Crippen molar-refractivity contribution in [2.24, 2.45) is 0 Å². The van der Waals surface area contributed by atoms with Crippen molar-refractivity contribution in [1.82, 2.24) is 0 Å². The summed E-state index contributed by atoms with van der Waals surface area (Å²) < 4.78 is 5.79. The molecule has 0 amide bonds. The third-order valence-electron chi connectivity index (χ3n) is 4.39. The van der Waals surface area contributed by atoms with Gasteiger partial charge in [0.2, 0.25) is 0 Å². The molecule has 0 saturated carbocycles. The lowest BCUT2D eigenvalue weighted by Crippen LogP contribution is -2.03. The first-order chi connectivity index (χ1) is 13.4. The Morgan fingerprint density at radius 3 is 2.36 bits per heavy atom. The van der Waals surface area contributed by atoms with Gasteiger partial charge < -0.3 is 20.1 Å². The van der Waals surface area contributed by atoms with E-state index in [4.69, 9.17) is 16.3 Å². The van der Waals surface area contributed by atoms with E-state index in [-0.39, 0.29) is 17.0 Å².